The summed E-state index contributed by atoms with van der Waals surface area (Å²) in [6.45, 7) is 3.68. The average Bonchev–Trinajstić information content (AvgIpc) is 2.88. The van der Waals surface area contributed by atoms with Gasteiger partial charge in [-0.1, -0.05) is 24.6 Å². The molecule has 2 aromatic carbocycles. The first-order chi connectivity index (χ1) is 13.1. The van der Waals surface area contributed by atoms with Gasteiger partial charge >= 0.3 is 0 Å². The highest BCUT2D eigenvalue weighted by Crippen LogP contribution is 2.48. The molecule has 1 atom stereocenters. The lowest BCUT2D eigenvalue weighted by molar-refractivity contribution is -0.118. The predicted molar refractivity (Wildman–Crippen MR) is 108 cm³/mol. The number of thioether (sulfide) groups is 1. The lowest BCUT2D eigenvalue weighted by atomic mass is 9.96. The molecule has 0 saturated heterocycles. The van der Waals surface area contributed by atoms with Crippen molar-refractivity contribution in [3.05, 3.63) is 59.4 Å². The summed E-state index contributed by atoms with van der Waals surface area (Å²) in [5, 5.41) is 11.9. The zero-order valence-corrected chi connectivity index (χ0v) is 17.1. The van der Waals surface area contributed by atoms with Crippen molar-refractivity contribution in [2.24, 2.45) is 0 Å². The van der Waals surface area contributed by atoms with Gasteiger partial charge in [-0.05, 0) is 49.4 Å². The van der Waals surface area contributed by atoms with Crippen LogP contribution < -0.4 is 5.32 Å². The monoisotopic (exact) mass is 427 g/mol. The van der Waals surface area contributed by atoms with Crippen LogP contribution in [0.3, 0.4) is 0 Å². The minimum Gasteiger partial charge on any atom is -0.396 e. The van der Waals surface area contributed by atoms with Crippen LogP contribution in [-0.2, 0) is 19.7 Å². The van der Waals surface area contributed by atoms with Crippen molar-refractivity contribution >= 4 is 33.5 Å². The second-order valence-corrected chi connectivity index (χ2v) is 9.15. The lowest BCUT2D eigenvalue weighted by Crippen LogP contribution is -2.32. The van der Waals surface area contributed by atoms with E-state index in [1.54, 1.807) is 18.2 Å². The van der Waals surface area contributed by atoms with Crippen LogP contribution in [0.2, 0.25) is 0 Å². The van der Waals surface area contributed by atoms with E-state index in [-0.39, 0.29) is 23.2 Å². The Morgan fingerprint density at radius 2 is 1.82 bits per heavy atom. The van der Waals surface area contributed by atoms with E-state index in [2.05, 4.69) is 5.32 Å². The van der Waals surface area contributed by atoms with E-state index in [9.17, 15) is 17.6 Å². The van der Waals surface area contributed by atoms with Crippen LogP contribution in [-0.4, -0.2) is 36.3 Å². The van der Waals surface area contributed by atoms with Crippen LogP contribution in [0.25, 0.3) is 0 Å². The summed E-state index contributed by atoms with van der Waals surface area (Å²) in [5.41, 5.74) is 2.24. The molecule has 0 spiro atoms. The van der Waals surface area contributed by atoms with Gasteiger partial charge in [0.05, 0.1) is 4.90 Å². The van der Waals surface area contributed by atoms with Crippen LogP contribution in [0, 0.1) is 12.7 Å². The van der Waals surface area contributed by atoms with Gasteiger partial charge in [-0.25, -0.2) is 4.39 Å². The molecule has 3 N–H and O–H groups in total. The molecule has 0 bridgehead atoms. The third kappa shape index (κ3) is 4.91. The van der Waals surface area contributed by atoms with Crippen molar-refractivity contribution < 1.29 is 27.3 Å². The second-order valence-electron chi connectivity index (χ2n) is 6.17. The fraction of sp³-hybridized carbons (Fsp3) is 0.316. The number of aryl methyl sites for hydroxylation is 1. The highest BCUT2D eigenvalue weighted by Gasteiger charge is 2.46. The molecule has 28 heavy (non-hydrogen) atoms. The molecule has 3 rings (SSSR count). The summed E-state index contributed by atoms with van der Waals surface area (Å²) in [7, 11) is -4.02. The molecule has 0 aliphatic carbocycles. The van der Waals surface area contributed by atoms with E-state index in [0.29, 0.717) is 17.7 Å². The van der Waals surface area contributed by atoms with E-state index in [0.717, 1.165) is 11.3 Å². The van der Waals surface area contributed by atoms with Gasteiger partial charge in [-0.15, -0.1) is 11.8 Å². The summed E-state index contributed by atoms with van der Waals surface area (Å²) < 4.78 is 42.0. The molecule has 1 aliphatic heterocycles. The molecule has 0 saturated carbocycles. The van der Waals surface area contributed by atoms with Crippen LogP contribution in [0.15, 0.2) is 47.4 Å². The maximum absolute atomic E-state index is 13.3. The standard InChI is InChI=1S/C12H14FNO2S.C7H8O3S/c1-2-17-12(5-6-15)9-7-8(13)3-4-10(9)14-11(12)16;1-6-2-4-7(5-3-6)11(8,9)10/h3-4,7,15H,2,5-6H2,1H3,(H,14,16);2-5H,1H3,(H,8,9,10). The van der Waals surface area contributed by atoms with Crippen LogP contribution in [0.5, 0.6) is 0 Å². The molecule has 9 heteroatoms. The smallest absolute Gasteiger partial charge is 0.294 e. The SMILES string of the molecule is CCSC1(CCO)C(=O)Nc2ccc(F)cc21.Cc1ccc(S(=O)(=O)O)cc1. The van der Waals surface area contributed by atoms with Crippen molar-refractivity contribution in [1.82, 2.24) is 0 Å². The van der Waals surface area contributed by atoms with Gasteiger partial charge in [0.2, 0.25) is 5.91 Å². The van der Waals surface area contributed by atoms with E-state index in [1.807, 2.05) is 13.8 Å². The zero-order valence-electron chi connectivity index (χ0n) is 15.5. The second kappa shape index (κ2) is 9.04. The van der Waals surface area contributed by atoms with Gasteiger partial charge in [-0.2, -0.15) is 8.42 Å². The summed E-state index contributed by atoms with van der Waals surface area (Å²) in [6, 6.07) is 10.3. The minimum atomic E-state index is -4.02. The molecule has 0 aromatic heterocycles. The number of aliphatic hydroxyl groups is 1. The highest BCUT2D eigenvalue weighted by molar-refractivity contribution is 8.01. The molecule has 1 heterocycles. The Balaban J connectivity index is 0.000000221. The number of anilines is 1. The van der Waals surface area contributed by atoms with E-state index >= 15 is 0 Å². The number of hydrogen-bond acceptors (Lipinski definition) is 5. The maximum Gasteiger partial charge on any atom is 0.294 e. The van der Waals surface area contributed by atoms with E-state index in [1.165, 1.54) is 36.0 Å². The van der Waals surface area contributed by atoms with Gasteiger partial charge in [-0.3, -0.25) is 9.35 Å². The van der Waals surface area contributed by atoms with Crippen molar-refractivity contribution in [2.75, 3.05) is 17.7 Å². The Morgan fingerprint density at radius 1 is 1.18 bits per heavy atom. The average molecular weight is 428 g/mol. The minimum absolute atomic E-state index is 0.0666. The quantitative estimate of drug-likeness (QED) is 0.632. The lowest BCUT2D eigenvalue weighted by Gasteiger charge is -2.25. The molecule has 0 radical (unpaired) electrons. The molecule has 0 fully saturated rings. The molecular weight excluding hydrogens is 405 g/mol. The Morgan fingerprint density at radius 3 is 2.36 bits per heavy atom. The normalized spacial score (nSPS) is 18.1. The van der Waals surface area contributed by atoms with Crippen LogP contribution in [0.4, 0.5) is 10.1 Å². The molecule has 152 valence electrons. The van der Waals surface area contributed by atoms with Gasteiger partial charge in [0.1, 0.15) is 10.6 Å². The number of hydrogen-bond donors (Lipinski definition) is 3. The molecule has 6 nitrogen and oxygen atoms in total. The number of aliphatic hydroxyl groups excluding tert-OH is 1. The number of rotatable bonds is 5. The molecule has 1 unspecified atom stereocenters. The van der Waals surface area contributed by atoms with Gasteiger partial charge in [0, 0.05) is 17.9 Å². The van der Waals surface area contributed by atoms with Crippen molar-refractivity contribution in [3.63, 3.8) is 0 Å². The maximum atomic E-state index is 13.3. The number of fused-ring (bicyclic) bond motifs is 1. The number of nitrogens with one attached hydrogen (secondary N) is 1. The summed E-state index contributed by atoms with van der Waals surface area (Å²) in [4.78, 5) is 12.0. The van der Waals surface area contributed by atoms with Gasteiger partial charge in [0.25, 0.3) is 10.1 Å². The third-order valence-electron chi connectivity index (χ3n) is 4.21. The first-order valence-corrected chi connectivity index (χ1v) is 11.0. The highest BCUT2D eigenvalue weighted by atomic mass is 32.2. The summed E-state index contributed by atoms with van der Waals surface area (Å²) >= 11 is 1.43. The first-order valence-electron chi connectivity index (χ1n) is 8.54. The first kappa shape index (κ1) is 22.4. The number of carbonyl (C=O) groups excluding carboxylic acids is 1. The number of amides is 1. The Labute approximate surface area is 167 Å². The molecule has 1 amide bonds. The predicted octanol–water partition coefficient (Wildman–Crippen LogP) is 3.35. The zero-order chi connectivity index (χ0) is 20.9. The third-order valence-corrected chi connectivity index (χ3v) is 6.46. The molecule has 1 aliphatic rings. The fourth-order valence-corrected chi connectivity index (χ4v) is 4.60. The van der Waals surface area contributed by atoms with Crippen molar-refractivity contribution in [1.29, 1.82) is 0 Å². The molecular formula is C19H22FNO5S2. The van der Waals surface area contributed by atoms with Crippen molar-refractivity contribution in [3.8, 4) is 0 Å². The summed E-state index contributed by atoms with van der Waals surface area (Å²) in [5.74, 6) is 0.196. The number of benzene rings is 2. The summed E-state index contributed by atoms with van der Waals surface area (Å²) in [6.07, 6.45) is 0.299. The van der Waals surface area contributed by atoms with Crippen LogP contribution >= 0.6 is 11.8 Å². The fourth-order valence-electron chi connectivity index (χ4n) is 2.88. The number of halogens is 1. The van der Waals surface area contributed by atoms with E-state index in [4.69, 9.17) is 9.66 Å². The van der Waals surface area contributed by atoms with Crippen LogP contribution in [0.1, 0.15) is 24.5 Å². The Kier molecular flexibility index (Phi) is 7.22. The Hall–Kier alpha value is -1.94. The Bertz CT molecular complexity index is 939. The number of carbonyl (C=O) groups is 1. The van der Waals surface area contributed by atoms with E-state index < -0.39 is 14.9 Å². The van der Waals surface area contributed by atoms with Gasteiger partial charge in [0.15, 0.2) is 0 Å². The van der Waals surface area contributed by atoms with Crippen molar-refractivity contribution in [2.45, 2.75) is 29.9 Å². The molecule has 2 aromatic rings. The topological polar surface area (TPSA) is 104 Å². The van der Waals surface area contributed by atoms with Gasteiger partial charge < -0.3 is 10.4 Å². The largest absolute Gasteiger partial charge is 0.396 e.